The van der Waals surface area contributed by atoms with E-state index in [1.165, 1.54) is 21.5 Å². The fourth-order valence-corrected chi connectivity index (χ4v) is 6.40. The third kappa shape index (κ3) is 3.37. The quantitative estimate of drug-likeness (QED) is 0.238. The molecule has 5 nitrogen and oxygen atoms in total. The molecule has 1 N–H and O–H groups in total. The Balaban J connectivity index is 1.32. The van der Waals surface area contributed by atoms with Crippen LogP contribution >= 0.6 is 0 Å². The molecular weight excluding hydrogens is 516 g/mol. The third-order valence-electron chi connectivity index (χ3n) is 8.26. The number of furan rings is 1. The predicted molar refractivity (Wildman–Crippen MR) is 172 cm³/mol. The highest BCUT2D eigenvalue weighted by Crippen LogP contribution is 2.37. The van der Waals surface area contributed by atoms with Crippen LogP contribution in [-0.4, -0.2) is 16.4 Å². The van der Waals surface area contributed by atoms with Crippen LogP contribution < -0.4 is 5.32 Å². The Morgan fingerprint density at radius 3 is 2.19 bits per heavy atom. The summed E-state index contributed by atoms with van der Waals surface area (Å²) in [5.41, 5.74) is 5.90. The van der Waals surface area contributed by atoms with Gasteiger partial charge in [-0.05, 0) is 40.6 Å². The van der Waals surface area contributed by atoms with Gasteiger partial charge in [0.05, 0.1) is 11.0 Å². The van der Waals surface area contributed by atoms with Gasteiger partial charge in [-0.25, -0.2) is 9.98 Å². The van der Waals surface area contributed by atoms with Gasteiger partial charge in [-0.3, -0.25) is 4.57 Å². The van der Waals surface area contributed by atoms with E-state index in [9.17, 15) is 0 Å². The maximum absolute atomic E-state index is 6.23. The number of hydrogen-bond acceptors (Lipinski definition) is 4. The summed E-state index contributed by atoms with van der Waals surface area (Å²) < 4.78 is 8.48. The molecule has 9 rings (SSSR count). The Bertz CT molecular complexity index is 2390. The molecule has 0 fully saturated rings. The number of nitrogens with zero attached hydrogens (tertiary/aromatic N) is 3. The molecule has 0 aliphatic carbocycles. The topological polar surface area (TPSA) is 54.8 Å². The molecular formula is C37H24N4O. The van der Waals surface area contributed by atoms with Crippen molar-refractivity contribution < 1.29 is 4.42 Å². The monoisotopic (exact) mass is 540 g/mol. The van der Waals surface area contributed by atoms with Gasteiger partial charge in [0.25, 0.3) is 0 Å². The molecule has 1 aliphatic heterocycles. The van der Waals surface area contributed by atoms with E-state index in [-0.39, 0.29) is 0 Å². The highest BCUT2D eigenvalue weighted by Gasteiger charge is 2.26. The van der Waals surface area contributed by atoms with Crippen molar-refractivity contribution in [3.05, 3.63) is 145 Å². The lowest BCUT2D eigenvalue weighted by atomic mass is 10.0. The zero-order chi connectivity index (χ0) is 27.6. The summed E-state index contributed by atoms with van der Waals surface area (Å²) in [4.78, 5) is 10.4. The minimum absolute atomic E-state index is 0.414. The summed E-state index contributed by atoms with van der Waals surface area (Å²) >= 11 is 0. The highest BCUT2D eigenvalue weighted by atomic mass is 16.3. The molecule has 1 aliphatic rings. The first-order valence-corrected chi connectivity index (χ1v) is 14.1. The summed E-state index contributed by atoms with van der Waals surface area (Å²) in [5.74, 6) is 1.50. The number of rotatable bonds is 2. The zero-order valence-electron chi connectivity index (χ0n) is 22.5. The van der Waals surface area contributed by atoms with Gasteiger partial charge in [-0.2, -0.15) is 0 Å². The first-order valence-electron chi connectivity index (χ1n) is 14.1. The average molecular weight is 541 g/mol. The second kappa shape index (κ2) is 8.91. The second-order valence-electron chi connectivity index (χ2n) is 10.7. The van der Waals surface area contributed by atoms with Crippen LogP contribution in [0, 0.1) is 0 Å². The first kappa shape index (κ1) is 23.1. The fraction of sp³-hybridized carbons (Fsp3) is 0.0270. The van der Waals surface area contributed by atoms with Gasteiger partial charge in [-0.1, -0.05) is 109 Å². The Hall–Kier alpha value is -5.68. The SMILES string of the molecule is c1ccc(C2N=C(c3cccc4oc5ccccc5c34)NC(n3c4ccccc4c4c5ccccc5ccc43)=N2)cc1. The second-order valence-corrected chi connectivity index (χ2v) is 10.7. The van der Waals surface area contributed by atoms with Crippen LogP contribution in [0.4, 0.5) is 0 Å². The summed E-state index contributed by atoms with van der Waals surface area (Å²) in [5, 5.41) is 10.6. The summed E-state index contributed by atoms with van der Waals surface area (Å²) in [7, 11) is 0. The molecule has 2 aromatic heterocycles. The van der Waals surface area contributed by atoms with E-state index >= 15 is 0 Å². The van der Waals surface area contributed by atoms with Gasteiger partial charge >= 0.3 is 0 Å². The maximum Gasteiger partial charge on any atom is 0.211 e. The molecule has 42 heavy (non-hydrogen) atoms. The van der Waals surface area contributed by atoms with Crippen molar-refractivity contribution in [3.8, 4) is 0 Å². The normalized spacial score (nSPS) is 15.4. The molecule has 0 bridgehead atoms. The van der Waals surface area contributed by atoms with E-state index < -0.39 is 6.17 Å². The minimum Gasteiger partial charge on any atom is -0.456 e. The minimum atomic E-state index is -0.414. The summed E-state index contributed by atoms with van der Waals surface area (Å²) in [6.07, 6.45) is -0.414. The van der Waals surface area contributed by atoms with E-state index in [0.717, 1.165) is 55.9 Å². The van der Waals surface area contributed by atoms with Crippen molar-refractivity contribution in [1.82, 2.24) is 9.88 Å². The van der Waals surface area contributed by atoms with Crippen LogP contribution in [0.5, 0.6) is 0 Å². The maximum atomic E-state index is 6.23. The average Bonchev–Trinajstić information content (AvgIpc) is 3.61. The largest absolute Gasteiger partial charge is 0.456 e. The lowest BCUT2D eigenvalue weighted by Crippen LogP contribution is -2.39. The smallest absolute Gasteiger partial charge is 0.211 e. The Morgan fingerprint density at radius 2 is 1.29 bits per heavy atom. The number of hydrogen-bond donors (Lipinski definition) is 1. The van der Waals surface area contributed by atoms with Gasteiger partial charge in [0.1, 0.15) is 17.0 Å². The van der Waals surface area contributed by atoms with Crippen molar-refractivity contribution in [2.24, 2.45) is 9.98 Å². The molecule has 8 aromatic rings. The van der Waals surface area contributed by atoms with Crippen molar-refractivity contribution in [2.75, 3.05) is 0 Å². The van der Waals surface area contributed by atoms with Gasteiger partial charge < -0.3 is 9.73 Å². The molecule has 6 aromatic carbocycles. The fourth-order valence-electron chi connectivity index (χ4n) is 6.40. The molecule has 1 atom stereocenters. The first-order chi connectivity index (χ1) is 20.8. The molecule has 3 heterocycles. The van der Waals surface area contributed by atoms with Crippen LogP contribution in [0.25, 0.3) is 54.5 Å². The van der Waals surface area contributed by atoms with Crippen molar-refractivity contribution in [1.29, 1.82) is 0 Å². The standard InChI is InChI=1S/C37H24N4O/c1-2-12-24(13-3-1)35-38-36(28-17-10-20-32-34(28)27-16-7-9-19-31(27)42-32)40-37(39-35)41-29-18-8-6-15-26(29)33-25-14-5-4-11-23(25)21-22-30(33)41/h1-22,35H,(H,38,39,40). The van der Waals surface area contributed by atoms with Crippen LogP contribution in [0.3, 0.4) is 0 Å². The van der Waals surface area contributed by atoms with Crippen molar-refractivity contribution >= 4 is 66.3 Å². The molecule has 1 unspecified atom stereocenters. The lowest BCUT2D eigenvalue weighted by Gasteiger charge is -2.24. The Labute approximate surface area is 241 Å². The van der Waals surface area contributed by atoms with Crippen LogP contribution in [0.2, 0.25) is 0 Å². The third-order valence-corrected chi connectivity index (χ3v) is 8.26. The number of aromatic nitrogens is 1. The summed E-state index contributed by atoms with van der Waals surface area (Å²) in [6, 6.07) is 46.1. The molecule has 0 radical (unpaired) electrons. The van der Waals surface area contributed by atoms with E-state index in [2.05, 4.69) is 94.8 Å². The van der Waals surface area contributed by atoms with Crippen LogP contribution in [0.15, 0.2) is 148 Å². The van der Waals surface area contributed by atoms with Crippen molar-refractivity contribution in [2.45, 2.75) is 6.17 Å². The molecule has 0 amide bonds. The number of fused-ring (bicyclic) bond motifs is 8. The van der Waals surface area contributed by atoms with Gasteiger partial charge in [-0.15, -0.1) is 0 Å². The molecule has 0 spiro atoms. The van der Waals surface area contributed by atoms with E-state index in [0.29, 0.717) is 0 Å². The van der Waals surface area contributed by atoms with Gasteiger partial charge in [0.2, 0.25) is 5.96 Å². The van der Waals surface area contributed by atoms with Crippen LogP contribution in [-0.2, 0) is 0 Å². The van der Waals surface area contributed by atoms with E-state index in [1.807, 2.05) is 48.5 Å². The van der Waals surface area contributed by atoms with Gasteiger partial charge in [0.15, 0.2) is 6.17 Å². The number of nitrogens with one attached hydrogen (secondary N) is 1. The predicted octanol–water partition coefficient (Wildman–Crippen LogP) is 8.80. The van der Waals surface area contributed by atoms with Gasteiger partial charge in [0, 0.05) is 27.1 Å². The van der Waals surface area contributed by atoms with Crippen molar-refractivity contribution in [3.63, 3.8) is 0 Å². The van der Waals surface area contributed by atoms with E-state index in [1.54, 1.807) is 0 Å². The summed E-state index contributed by atoms with van der Waals surface area (Å²) in [6.45, 7) is 0. The number of para-hydroxylation sites is 2. The molecule has 198 valence electrons. The molecule has 0 saturated heterocycles. The number of aliphatic imine (C=N–C) groups is 2. The number of amidine groups is 1. The zero-order valence-corrected chi connectivity index (χ0v) is 22.5. The van der Waals surface area contributed by atoms with E-state index in [4.69, 9.17) is 14.4 Å². The number of benzene rings is 6. The Kier molecular flexibility index (Phi) is 4.90. The van der Waals surface area contributed by atoms with Crippen LogP contribution in [0.1, 0.15) is 17.3 Å². The highest BCUT2D eigenvalue weighted by molar-refractivity contribution is 6.26. The molecule has 0 saturated carbocycles. The lowest BCUT2D eigenvalue weighted by molar-refractivity contribution is 0.669. The molecule has 5 heteroatoms. The Morgan fingerprint density at radius 1 is 0.548 bits per heavy atom.